The van der Waals surface area contributed by atoms with Crippen LogP contribution in [-0.4, -0.2) is 9.55 Å². The molecule has 21 heavy (non-hydrogen) atoms. The van der Waals surface area contributed by atoms with Crippen LogP contribution in [0.2, 0.25) is 0 Å². The third kappa shape index (κ3) is 2.37. The Kier molecular flexibility index (Phi) is 3.17. The topological polar surface area (TPSA) is 67.6 Å². The van der Waals surface area contributed by atoms with Gasteiger partial charge in [0.05, 0.1) is 11.6 Å². The largest absolute Gasteiger partial charge is 0.399 e. The van der Waals surface area contributed by atoms with Gasteiger partial charge >= 0.3 is 0 Å². The van der Waals surface area contributed by atoms with Gasteiger partial charge in [0.15, 0.2) is 0 Å². The lowest BCUT2D eigenvalue weighted by Gasteiger charge is -2.09. The molecule has 0 saturated carbocycles. The highest BCUT2D eigenvalue weighted by Crippen LogP contribution is 2.23. The predicted molar refractivity (Wildman–Crippen MR) is 82.9 cm³/mol. The fourth-order valence-electron chi connectivity index (χ4n) is 2.28. The van der Waals surface area contributed by atoms with E-state index in [4.69, 9.17) is 11.0 Å². The van der Waals surface area contributed by atoms with Gasteiger partial charge in [-0.2, -0.15) is 5.26 Å². The van der Waals surface area contributed by atoms with E-state index in [0.29, 0.717) is 5.56 Å². The molecule has 102 valence electrons. The zero-order chi connectivity index (χ0) is 14.8. The van der Waals surface area contributed by atoms with Crippen LogP contribution < -0.4 is 5.73 Å². The molecular weight excluding hydrogens is 260 g/mol. The van der Waals surface area contributed by atoms with E-state index in [2.05, 4.69) is 11.1 Å². The third-order valence-electron chi connectivity index (χ3n) is 3.42. The van der Waals surface area contributed by atoms with E-state index in [1.165, 1.54) is 0 Å². The maximum absolute atomic E-state index is 9.02. The SMILES string of the molecule is Cc1cc(-n2ccnc2-c2ccc(N)cc2)ccc1C#N. The summed E-state index contributed by atoms with van der Waals surface area (Å²) >= 11 is 0. The molecule has 1 aromatic heterocycles. The van der Waals surface area contributed by atoms with Crippen LogP contribution in [0.1, 0.15) is 11.1 Å². The molecule has 0 aliphatic rings. The molecule has 2 aromatic carbocycles. The van der Waals surface area contributed by atoms with Gasteiger partial charge in [-0.05, 0) is 55.0 Å². The summed E-state index contributed by atoms with van der Waals surface area (Å²) < 4.78 is 2.00. The molecule has 1 heterocycles. The normalized spacial score (nSPS) is 10.3. The molecule has 0 spiro atoms. The number of nitrogens with two attached hydrogens (primary N) is 1. The molecule has 0 atom stereocenters. The van der Waals surface area contributed by atoms with Gasteiger partial charge in [0.25, 0.3) is 0 Å². The van der Waals surface area contributed by atoms with E-state index in [1.54, 1.807) is 6.20 Å². The molecule has 0 aliphatic heterocycles. The highest BCUT2D eigenvalue weighted by Gasteiger charge is 2.08. The van der Waals surface area contributed by atoms with Gasteiger partial charge in [0.1, 0.15) is 5.82 Å². The van der Waals surface area contributed by atoms with E-state index < -0.39 is 0 Å². The Labute approximate surface area is 123 Å². The van der Waals surface area contributed by atoms with Crippen LogP contribution in [0.4, 0.5) is 5.69 Å². The lowest BCUT2D eigenvalue weighted by atomic mass is 10.1. The summed E-state index contributed by atoms with van der Waals surface area (Å²) in [7, 11) is 0. The van der Waals surface area contributed by atoms with Crippen molar-refractivity contribution >= 4 is 5.69 Å². The lowest BCUT2D eigenvalue weighted by molar-refractivity contribution is 1.06. The van der Waals surface area contributed by atoms with Crippen LogP contribution in [0, 0.1) is 18.3 Å². The first-order chi connectivity index (χ1) is 10.2. The highest BCUT2D eigenvalue weighted by atomic mass is 15.1. The van der Waals surface area contributed by atoms with Crippen LogP contribution in [0.5, 0.6) is 0 Å². The number of hydrogen-bond acceptors (Lipinski definition) is 3. The molecular formula is C17H14N4. The maximum Gasteiger partial charge on any atom is 0.144 e. The van der Waals surface area contributed by atoms with E-state index in [0.717, 1.165) is 28.3 Å². The number of anilines is 1. The first-order valence-electron chi connectivity index (χ1n) is 6.59. The smallest absolute Gasteiger partial charge is 0.144 e. The van der Waals surface area contributed by atoms with Crippen molar-refractivity contribution in [2.24, 2.45) is 0 Å². The Hall–Kier alpha value is -3.06. The average molecular weight is 274 g/mol. The molecule has 0 radical (unpaired) electrons. The minimum absolute atomic E-state index is 0.688. The number of imidazole rings is 1. The summed E-state index contributed by atoms with van der Waals surface area (Å²) in [5.41, 5.74) is 10.1. The fourth-order valence-corrected chi connectivity index (χ4v) is 2.28. The number of rotatable bonds is 2. The maximum atomic E-state index is 9.02. The zero-order valence-corrected chi connectivity index (χ0v) is 11.6. The Morgan fingerprint density at radius 3 is 2.57 bits per heavy atom. The Balaban J connectivity index is 2.09. The minimum Gasteiger partial charge on any atom is -0.399 e. The predicted octanol–water partition coefficient (Wildman–Crippen LogP) is 3.30. The van der Waals surface area contributed by atoms with E-state index in [1.807, 2.05) is 60.2 Å². The van der Waals surface area contributed by atoms with Crippen LogP contribution in [0.25, 0.3) is 17.1 Å². The standard InChI is InChI=1S/C17H14N4/c1-12-10-16(7-4-14(12)11-18)21-9-8-20-17(21)13-2-5-15(19)6-3-13/h2-10H,19H2,1H3. The summed E-state index contributed by atoms with van der Waals surface area (Å²) in [6.07, 6.45) is 3.67. The van der Waals surface area contributed by atoms with Gasteiger partial charge in [-0.15, -0.1) is 0 Å². The Morgan fingerprint density at radius 1 is 1.14 bits per heavy atom. The van der Waals surface area contributed by atoms with E-state index >= 15 is 0 Å². The third-order valence-corrected chi connectivity index (χ3v) is 3.42. The lowest BCUT2D eigenvalue weighted by Crippen LogP contribution is -1.98. The fraction of sp³-hybridized carbons (Fsp3) is 0.0588. The molecule has 0 unspecified atom stereocenters. The number of nitriles is 1. The van der Waals surface area contributed by atoms with Gasteiger partial charge in [-0.25, -0.2) is 4.98 Å². The number of benzene rings is 2. The first-order valence-corrected chi connectivity index (χ1v) is 6.59. The Bertz CT molecular complexity index is 823. The summed E-state index contributed by atoms with van der Waals surface area (Å²) in [5, 5.41) is 9.02. The number of nitrogen functional groups attached to an aromatic ring is 1. The number of aromatic nitrogens is 2. The summed E-state index contributed by atoms with van der Waals surface area (Å²) in [5.74, 6) is 0.846. The summed E-state index contributed by atoms with van der Waals surface area (Å²) in [6.45, 7) is 1.93. The van der Waals surface area contributed by atoms with Crippen molar-refractivity contribution in [3.05, 3.63) is 66.0 Å². The highest BCUT2D eigenvalue weighted by molar-refractivity contribution is 5.62. The number of aryl methyl sites for hydroxylation is 1. The molecule has 2 N–H and O–H groups in total. The van der Waals surface area contributed by atoms with Crippen molar-refractivity contribution < 1.29 is 0 Å². The molecule has 4 nitrogen and oxygen atoms in total. The zero-order valence-electron chi connectivity index (χ0n) is 11.6. The average Bonchev–Trinajstić information content (AvgIpc) is 2.97. The molecule has 0 fully saturated rings. The van der Waals surface area contributed by atoms with Crippen molar-refractivity contribution in [3.8, 4) is 23.1 Å². The molecule has 0 aliphatic carbocycles. The van der Waals surface area contributed by atoms with Crippen LogP contribution in [-0.2, 0) is 0 Å². The van der Waals surface area contributed by atoms with Gasteiger partial charge in [-0.3, -0.25) is 4.57 Å². The van der Waals surface area contributed by atoms with Gasteiger partial charge < -0.3 is 5.73 Å². The van der Waals surface area contributed by atoms with Crippen molar-refractivity contribution in [1.29, 1.82) is 5.26 Å². The van der Waals surface area contributed by atoms with E-state index in [9.17, 15) is 0 Å². The molecule has 3 aromatic rings. The van der Waals surface area contributed by atoms with Gasteiger partial charge in [-0.1, -0.05) is 0 Å². The van der Waals surface area contributed by atoms with Crippen LogP contribution in [0.3, 0.4) is 0 Å². The second-order valence-electron chi connectivity index (χ2n) is 4.85. The van der Waals surface area contributed by atoms with Crippen molar-refractivity contribution in [3.63, 3.8) is 0 Å². The quantitative estimate of drug-likeness (QED) is 0.729. The van der Waals surface area contributed by atoms with Crippen molar-refractivity contribution in [2.75, 3.05) is 5.73 Å². The molecule has 3 rings (SSSR count). The van der Waals surface area contributed by atoms with Gasteiger partial charge in [0, 0.05) is 29.3 Å². The second-order valence-corrected chi connectivity index (χ2v) is 4.85. The molecule has 4 heteroatoms. The first kappa shape index (κ1) is 12.9. The monoisotopic (exact) mass is 274 g/mol. The van der Waals surface area contributed by atoms with Crippen molar-refractivity contribution in [2.45, 2.75) is 6.92 Å². The second kappa shape index (κ2) is 5.14. The van der Waals surface area contributed by atoms with Crippen LogP contribution in [0.15, 0.2) is 54.9 Å². The van der Waals surface area contributed by atoms with Gasteiger partial charge in [0.2, 0.25) is 0 Å². The molecule has 0 amide bonds. The number of nitrogens with zero attached hydrogens (tertiary/aromatic N) is 3. The molecule has 0 bridgehead atoms. The minimum atomic E-state index is 0.688. The van der Waals surface area contributed by atoms with E-state index in [-0.39, 0.29) is 0 Å². The molecule has 0 saturated heterocycles. The summed E-state index contributed by atoms with van der Waals surface area (Å²) in [4.78, 5) is 4.42. The van der Waals surface area contributed by atoms with Crippen molar-refractivity contribution in [1.82, 2.24) is 9.55 Å². The number of hydrogen-bond donors (Lipinski definition) is 1. The summed E-state index contributed by atoms with van der Waals surface area (Å²) in [6, 6.07) is 15.5. The van der Waals surface area contributed by atoms with Crippen LogP contribution >= 0.6 is 0 Å². The Morgan fingerprint density at radius 2 is 1.90 bits per heavy atom.